The molecule has 4 aromatic heterocycles. The molecule has 5 rings (SSSR count). The lowest BCUT2D eigenvalue weighted by Gasteiger charge is -2.18. The fourth-order valence-electron chi connectivity index (χ4n) is 4.36. The Morgan fingerprint density at radius 2 is 2.03 bits per heavy atom. The van der Waals surface area contributed by atoms with Gasteiger partial charge in [0.15, 0.2) is 5.65 Å². The predicted molar refractivity (Wildman–Crippen MR) is 123 cm³/mol. The molecule has 1 amide bonds. The van der Waals surface area contributed by atoms with Crippen molar-refractivity contribution in [1.29, 1.82) is 0 Å². The minimum Gasteiger partial charge on any atom is -0.337 e. The Labute approximate surface area is 186 Å². The van der Waals surface area contributed by atoms with Gasteiger partial charge >= 0.3 is 0 Å². The maximum Gasteiger partial charge on any atom is 0.274 e. The molecule has 1 aliphatic rings. The van der Waals surface area contributed by atoms with E-state index in [1.54, 1.807) is 22.4 Å². The van der Waals surface area contributed by atoms with Crippen LogP contribution < -0.4 is 10.2 Å². The minimum absolute atomic E-state index is 0.252. The summed E-state index contributed by atoms with van der Waals surface area (Å²) in [5.74, 6) is 0.478. The van der Waals surface area contributed by atoms with Crippen molar-refractivity contribution >= 4 is 23.2 Å². The van der Waals surface area contributed by atoms with E-state index in [2.05, 4.69) is 37.3 Å². The fourth-order valence-corrected chi connectivity index (χ4v) is 4.36. The summed E-state index contributed by atoms with van der Waals surface area (Å²) in [5, 5.41) is 11.9. The Bertz CT molecular complexity index is 1300. The first-order chi connectivity index (χ1) is 15.4. The average Bonchev–Trinajstić information content (AvgIpc) is 3.44. The number of fused-ring (bicyclic) bond motifs is 1. The summed E-state index contributed by atoms with van der Waals surface area (Å²) >= 11 is 0. The van der Waals surface area contributed by atoms with E-state index in [-0.39, 0.29) is 5.91 Å². The number of aryl methyl sites for hydroxylation is 3. The van der Waals surface area contributed by atoms with Gasteiger partial charge in [0.2, 0.25) is 5.95 Å². The van der Waals surface area contributed by atoms with Gasteiger partial charge in [-0.3, -0.25) is 14.5 Å². The molecule has 164 valence electrons. The first kappa shape index (κ1) is 20.2. The molecule has 0 aliphatic carbocycles. The van der Waals surface area contributed by atoms with Gasteiger partial charge in [0, 0.05) is 43.3 Å². The van der Waals surface area contributed by atoms with Crippen LogP contribution in [0.5, 0.6) is 0 Å². The van der Waals surface area contributed by atoms with Crippen LogP contribution >= 0.6 is 0 Å². The van der Waals surface area contributed by atoms with Gasteiger partial charge in [0.25, 0.3) is 5.91 Å². The van der Waals surface area contributed by atoms with Crippen LogP contribution in [0, 0.1) is 13.8 Å². The monoisotopic (exact) mass is 430 g/mol. The number of aromatic nitrogens is 6. The second-order valence-corrected chi connectivity index (χ2v) is 8.47. The van der Waals surface area contributed by atoms with E-state index in [9.17, 15) is 4.79 Å². The van der Waals surface area contributed by atoms with Crippen molar-refractivity contribution < 1.29 is 4.79 Å². The van der Waals surface area contributed by atoms with Crippen LogP contribution in [0.3, 0.4) is 0 Å². The van der Waals surface area contributed by atoms with Gasteiger partial charge in [-0.05, 0) is 57.4 Å². The molecule has 0 saturated carbocycles. The third-order valence-electron chi connectivity index (χ3n) is 5.92. The minimum atomic E-state index is -0.252. The highest BCUT2D eigenvalue weighted by Crippen LogP contribution is 2.25. The third kappa shape index (κ3) is 3.59. The van der Waals surface area contributed by atoms with Crippen LogP contribution in [-0.4, -0.2) is 47.9 Å². The number of hydrogen-bond acceptors (Lipinski definition) is 6. The molecule has 0 radical (unpaired) electrons. The summed E-state index contributed by atoms with van der Waals surface area (Å²) in [6, 6.07) is 8.06. The van der Waals surface area contributed by atoms with Crippen molar-refractivity contribution in [2.75, 3.05) is 16.8 Å². The molecule has 1 N–H and O–H groups in total. The predicted octanol–water partition coefficient (Wildman–Crippen LogP) is 3.38. The standard InChI is InChI=1S/C23H26N8O/c1-14-10-15(2)25-19(11-14)18-13-24-29(4)21(18)22(32)26-17-7-9-31-20(12-17)27-23(28-31)30-8-5-6-16(30)3/h7,9-13,16H,5-6,8H2,1-4H3,(H,26,32). The maximum atomic E-state index is 13.2. The number of nitrogens with zero attached hydrogens (tertiary/aromatic N) is 7. The second-order valence-electron chi connectivity index (χ2n) is 8.47. The highest BCUT2D eigenvalue weighted by atomic mass is 16.2. The van der Waals surface area contributed by atoms with E-state index < -0.39 is 0 Å². The Balaban J connectivity index is 1.43. The molecule has 5 heterocycles. The van der Waals surface area contributed by atoms with Crippen molar-refractivity contribution in [3.8, 4) is 11.3 Å². The van der Waals surface area contributed by atoms with Gasteiger partial charge in [-0.2, -0.15) is 10.1 Å². The molecule has 32 heavy (non-hydrogen) atoms. The lowest BCUT2D eigenvalue weighted by atomic mass is 10.1. The number of rotatable bonds is 4. The maximum absolute atomic E-state index is 13.2. The fraction of sp³-hybridized carbons (Fsp3) is 0.348. The molecular weight excluding hydrogens is 404 g/mol. The molecule has 0 bridgehead atoms. The summed E-state index contributed by atoms with van der Waals surface area (Å²) in [5.41, 5.74) is 5.22. The number of anilines is 2. The van der Waals surface area contributed by atoms with E-state index in [1.807, 2.05) is 44.3 Å². The quantitative estimate of drug-likeness (QED) is 0.534. The molecule has 0 aromatic carbocycles. The summed E-state index contributed by atoms with van der Waals surface area (Å²) in [6.45, 7) is 7.12. The molecule has 1 aliphatic heterocycles. The third-order valence-corrected chi connectivity index (χ3v) is 5.92. The number of hydrogen-bond donors (Lipinski definition) is 1. The summed E-state index contributed by atoms with van der Waals surface area (Å²) < 4.78 is 3.32. The summed E-state index contributed by atoms with van der Waals surface area (Å²) in [6.07, 6.45) is 5.80. The van der Waals surface area contributed by atoms with Crippen molar-refractivity contribution in [3.63, 3.8) is 0 Å². The van der Waals surface area contributed by atoms with Gasteiger partial charge in [-0.15, -0.1) is 5.10 Å². The number of amides is 1. The Morgan fingerprint density at radius 3 is 2.78 bits per heavy atom. The van der Waals surface area contributed by atoms with E-state index in [4.69, 9.17) is 0 Å². The average molecular weight is 431 g/mol. The largest absolute Gasteiger partial charge is 0.337 e. The first-order valence-corrected chi connectivity index (χ1v) is 10.8. The molecule has 1 unspecified atom stereocenters. The molecule has 9 heteroatoms. The SMILES string of the molecule is Cc1cc(C)nc(-c2cnn(C)c2C(=O)Nc2ccn3nc(N4CCCC4C)nc3c2)c1. The van der Waals surface area contributed by atoms with Crippen LogP contribution in [0.25, 0.3) is 16.9 Å². The number of nitrogens with one attached hydrogen (secondary N) is 1. The van der Waals surface area contributed by atoms with Gasteiger partial charge < -0.3 is 10.2 Å². The normalized spacial score (nSPS) is 16.1. The van der Waals surface area contributed by atoms with Gasteiger partial charge in [0.05, 0.1) is 17.5 Å². The second kappa shape index (κ2) is 7.74. The van der Waals surface area contributed by atoms with E-state index in [1.165, 1.54) is 0 Å². The topological polar surface area (TPSA) is 93.2 Å². The molecule has 1 atom stereocenters. The smallest absolute Gasteiger partial charge is 0.274 e. The molecule has 1 fully saturated rings. The van der Waals surface area contributed by atoms with Crippen LogP contribution in [0.2, 0.25) is 0 Å². The van der Waals surface area contributed by atoms with Crippen molar-refractivity contribution in [3.05, 3.63) is 53.6 Å². The molecule has 0 spiro atoms. The van der Waals surface area contributed by atoms with Gasteiger partial charge in [-0.25, -0.2) is 4.52 Å². The number of carbonyl (C=O) groups excluding carboxylic acids is 1. The van der Waals surface area contributed by atoms with Crippen LogP contribution in [0.1, 0.15) is 41.5 Å². The van der Waals surface area contributed by atoms with Crippen molar-refractivity contribution in [1.82, 2.24) is 29.4 Å². The number of pyridine rings is 2. The van der Waals surface area contributed by atoms with Crippen LogP contribution in [0.15, 0.2) is 36.7 Å². The Kier molecular flexibility index (Phi) is 4.88. The first-order valence-electron chi connectivity index (χ1n) is 10.8. The zero-order valence-electron chi connectivity index (χ0n) is 18.7. The van der Waals surface area contributed by atoms with Crippen LogP contribution in [0.4, 0.5) is 11.6 Å². The van der Waals surface area contributed by atoms with E-state index >= 15 is 0 Å². The highest BCUT2D eigenvalue weighted by molar-refractivity contribution is 6.07. The summed E-state index contributed by atoms with van der Waals surface area (Å²) in [7, 11) is 1.76. The van der Waals surface area contributed by atoms with Gasteiger partial charge in [0.1, 0.15) is 5.69 Å². The van der Waals surface area contributed by atoms with Crippen molar-refractivity contribution in [2.24, 2.45) is 7.05 Å². The molecular formula is C23H26N8O. The lowest BCUT2D eigenvalue weighted by Crippen LogP contribution is -2.27. The van der Waals surface area contributed by atoms with E-state index in [0.717, 1.165) is 42.3 Å². The molecule has 9 nitrogen and oxygen atoms in total. The Hall–Kier alpha value is -3.75. The molecule has 4 aromatic rings. The summed E-state index contributed by atoms with van der Waals surface area (Å²) in [4.78, 5) is 24.7. The van der Waals surface area contributed by atoms with E-state index in [0.29, 0.717) is 28.6 Å². The Morgan fingerprint density at radius 1 is 1.19 bits per heavy atom. The highest BCUT2D eigenvalue weighted by Gasteiger charge is 2.24. The van der Waals surface area contributed by atoms with Crippen LogP contribution in [-0.2, 0) is 7.05 Å². The molecule has 1 saturated heterocycles. The zero-order valence-corrected chi connectivity index (χ0v) is 18.7. The number of carbonyl (C=O) groups is 1. The van der Waals surface area contributed by atoms with Crippen molar-refractivity contribution in [2.45, 2.75) is 39.7 Å². The lowest BCUT2D eigenvalue weighted by molar-refractivity contribution is 0.101. The zero-order chi connectivity index (χ0) is 22.4. The van der Waals surface area contributed by atoms with Gasteiger partial charge in [-0.1, -0.05) is 0 Å².